The zero-order chi connectivity index (χ0) is 9.94. The molecular formula is C10H17AlO2. The van der Waals surface area contributed by atoms with E-state index in [1.54, 1.807) is 7.11 Å². The van der Waals surface area contributed by atoms with E-state index in [1.165, 1.54) is 5.56 Å². The molecule has 0 aliphatic rings. The minimum atomic E-state index is 0. The fourth-order valence-corrected chi connectivity index (χ4v) is 0.762. The van der Waals surface area contributed by atoms with E-state index in [4.69, 9.17) is 0 Å². The van der Waals surface area contributed by atoms with Crippen LogP contribution in [0.5, 0.6) is 0 Å². The normalized spacial score (nSPS) is 8.92. The zero-order valence-electron chi connectivity index (χ0n) is 10.2. The largest absolute Gasteiger partial charge is 1.00 e. The maximum atomic E-state index is 4.64. The van der Waals surface area contributed by atoms with E-state index < -0.39 is 0 Å². The molecule has 0 unspecified atom stereocenters. The SMILES string of the molecule is COCC[O][Al+2].Cc1ccccc1.[H-].[H-]. The molecule has 3 heteroatoms. The molecule has 0 atom stereocenters. The fourth-order valence-electron chi connectivity index (χ4n) is 0.666. The molecule has 0 heterocycles. The van der Waals surface area contributed by atoms with Gasteiger partial charge in [0.05, 0.1) is 0 Å². The Morgan fingerprint density at radius 1 is 1.23 bits per heavy atom. The Labute approximate surface area is 91.6 Å². The number of benzene rings is 1. The summed E-state index contributed by atoms with van der Waals surface area (Å²) in [5, 5.41) is 0. The first-order valence-corrected chi connectivity index (χ1v) is 4.60. The quantitative estimate of drug-likeness (QED) is 0.543. The summed E-state index contributed by atoms with van der Waals surface area (Å²) in [5.74, 6) is 0. The van der Waals surface area contributed by atoms with Crippen molar-refractivity contribution in [3.63, 3.8) is 0 Å². The Bertz CT molecular complexity index is 194. The molecule has 0 saturated carbocycles. The van der Waals surface area contributed by atoms with Gasteiger partial charge in [-0.15, -0.1) is 0 Å². The molecule has 0 aliphatic heterocycles. The summed E-state index contributed by atoms with van der Waals surface area (Å²) in [6.45, 7) is 3.41. The Hall–Kier alpha value is -0.328. The molecule has 13 heavy (non-hydrogen) atoms. The van der Waals surface area contributed by atoms with E-state index in [-0.39, 0.29) is 2.85 Å². The van der Waals surface area contributed by atoms with E-state index in [0.717, 1.165) is 0 Å². The molecule has 0 spiro atoms. The summed E-state index contributed by atoms with van der Waals surface area (Å²) in [7, 11) is 1.64. The van der Waals surface area contributed by atoms with Gasteiger partial charge < -0.3 is 2.85 Å². The molecule has 0 radical (unpaired) electrons. The molecule has 0 fully saturated rings. The number of methoxy groups -OCH3 is 1. The summed E-state index contributed by atoms with van der Waals surface area (Å²) in [5.41, 5.74) is 1.32. The van der Waals surface area contributed by atoms with E-state index in [2.05, 4.69) is 44.2 Å². The minimum absolute atomic E-state index is 0. The number of aryl methyl sites for hydroxylation is 1. The van der Waals surface area contributed by atoms with Crippen LogP contribution in [0, 0.1) is 6.92 Å². The van der Waals surface area contributed by atoms with Crippen molar-refractivity contribution in [1.29, 1.82) is 0 Å². The van der Waals surface area contributed by atoms with Crippen LogP contribution in [0.4, 0.5) is 0 Å². The van der Waals surface area contributed by atoms with Crippen LogP contribution in [-0.4, -0.2) is 36.9 Å². The first-order valence-electron chi connectivity index (χ1n) is 4.13. The van der Waals surface area contributed by atoms with Crippen molar-refractivity contribution < 1.29 is 11.4 Å². The van der Waals surface area contributed by atoms with E-state index >= 15 is 0 Å². The summed E-state index contributed by atoms with van der Waals surface area (Å²) >= 11 is 2.15. The molecule has 1 aromatic rings. The van der Waals surface area contributed by atoms with Crippen molar-refractivity contribution in [2.45, 2.75) is 6.92 Å². The maximum Gasteiger partial charge on any atom is -0.0398 e. The third kappa shape index (κ3) is 9.59. The number of hydrogen-bond acceptors (Lipinski definition) is 2. The second kappa shape index (κ2) is 9.76. The summed E-state index contributed by atoms with van der Waals surface area (Å²) in [6, 6.07) is 10.3. The first kappa shape index (κ1) is 12.7. The Morgan fingerprint density at radius 2 is 1.85 bits per heavy atom. The Morgan fingerprint density at radius 3 is 2.08 bits per heavy atom. The summed E-state index contributed by atoms with van der Waals surface area (Å²) in [4.78, 5) is 0. The van der Waals surface area contributed by atoms with Crippen LogP contribution in [0.15, 0.2) is 30.3 Å². The van der Waals surface area contributed by atoms with Crippen LogP contribution >= 0.6 is 0 Å². The van der Waals surface area contributed by atoms with Gasteiger partial charge in [0.15, 0.2) is 0 Å². The maximum absolute atomic E-state index is 4.64. The first-order chi connectivity index (χ1) is 6.31. The summed E-state index contributed by atoms with van der Waals surface area (Å²) in [6.07, 6.45) is 0. The minimum Gasteiger partial charge on any atom is -1.00 e. The molecule has 0 amide bonds. The number of rotatable bonds is 3. The predicted octanol–water partition coefficient (Wildman–Crippen LogP) is 1.95. The third-order valence-electron chi connectivity index (χ3n) is 1.35. The molecule has 1 aromatic carbocycles. The van der Waals surface area contributed by atoms with Crippen molar-refractivity contribution in [2.24, 2.45) is 0 Å². The molecule has 72 valence electrons. The molecule has 0 bridgehead atoms. The van der Waals surface area contributed by atoms with Gasteiger partial charge in [-0.25, -0.2) is 0 Å². The van der Waals surface area contributed by atoms with E-state index in [9.17, 15) is 0 Å². The molecule has 0 aromatic heterocycles. The molecule has 0 N–H and O–H groups in total. The smallest absolute Gasteiger partial charge is 0.0398 e. The second-order valence-corrected chi connectivity index (χ2v) is 2.85. The van der Waals surface area contributed by atoms with Gasteiger partial charge in [-0.3, -0.25) is 0 Å². The monoisotopic (exact) mass is 196 g/mol. The molecule has 1 rings (SSSR count). The number of hydrogen-bond donors (Lipinski definition) is 0. The molecule has 2 nitrogen and oxygen atoms in total. The average molecular weight is 196 g/mol. The zero-order valence-corrected chi connectivity index (χ0v) is 9.35. The predicted molar refractivity (Wildman–Crippen MR) is 57.0 cm³/mol. The van der Waals surface area contributed by atoms with Gasteiger partial charge in [-0.2, -0.15) is 0 Å². The van der Waals surface area contributed by atoms with Gasteiger partial charge in [0.25, 0.3) is 0 Å². The number of ether oxygens (including phenoxy) is 1. The van der Waals surface area contributed by atoms with Crippen LogP contribution in [0.25, 0.3) is 0 Å². The van der Waals surface area contributed by atoms with Gasteiger partial charge in [-0.05, 0) is 6.92 Å². The standard InChI is InChI=1S/C7H8.C3H7O2.Al.2H/c1-7-5-3-2-4-6-7;1-5-3-2-4;;;/h2-6H,1H3;2-3H2,1H3;;;/q;-1;+3;2*-1. The van der Waals surface area contributed by atoms with Crippen molar-refractivity contribution in [2.75, 3.05) is 20.3 Å². The third-order valence-corrected chi connectivity index (χ3v) is 1.58. The second-order valence-electron chi connectivity index (χ2n) is 2.52. The van der Waals surface area contributed by atoms with Gasteiger partial charge in [-0.1, -0.05) is 35.9 Å². The molecule has 0 aliphatic carbocycles. The van der Waals surface area contributed by atoms with Gasteiger partial charge in [0.2, 0.25) is 0 Å². The van der Waals surface area contributed by atoms with Crippen LogP contribution in [-0.2, 0) is 8.53 Å². The van der Waals surface area contributed by atoms with E-state index in [0.29, 0.717) is 13.2 Å². The van der Waals surface area contributed by atoms with E-state index in [1.807, 2.05) is 18.2 Å². The van der Waals surface area contributed by atoms with Crippen molar-refractivity contribution in [3.8, 4) is 0 Å². The van der Waals surface area contributed by atoms with Crippen molar-refractivity contribution >= 4 is 16.6 Å². The van der Waals surface area contributed by atoms with Crippen LogP contribution in [0.2, 0.25) is 0 Å². The van der Waals surface area contributed by atoms with Gasteiger partial charge >= 0.3 is 45.5 Å². The van der Waals surface area contributed by atoms with Crippen LogP contribution in [0.1, 0.15) is 8.42 Å². The average Bonchev–Trinajstić information content (AvgIpc) is 2.17. The van der Waals surface area contributed by atoms with Crippen LogP contribution < -0.4 is 0 Å². The van der Waals surface area contributed by atoms with Crippen molar-refractivity contribution in [1.82, 2.24) is 0 Å². The van der Waals surface area contributed by atoms with Gasteiger partial charge in [0.1, 0.15) is 0 Å². The summed E-state index contributed by atoms with van der Waals surface area (Å²) < 4.78 is 9.22. The molecular weight excluding hydrogens is 179 g/mol. The molecule has 0 saturated heterocycles. The van der Waals surface area contributed by atoms with Gasteiger partial charge in [0, 0.05) is 0 Å². The fraction of sp³-hybridized carbons (Fsp3) is 0.400. The van der Waals surface area contributed by atoms with Crippen LogP contribution in [0.3, 0.4) is 0 Å². The topological polar surface area (TPSA) is 18.5 Å². The Balaban J connectivity index is -0.000000172. The Kier molecular flexibility index (Phi) is 9.51. The van der Waals surface area contributed by atoms with Crippen molar-refractivity contribution in [3.05, 3.63) is 35.9 Å².